The molecule has 2 aromatic carbocycles. The van der Waals surface area contributed by atoms with Gasteiger partial charge in [-0.1, -0.05) is 17.7 Å². The number of benzene rings is 2. The molecule has 0 fully saturated rings. The topological polar surface area (TPSA) is 91.6 Å². The smallest absolute Gasteiger partial charge is 0.266 e. The maximum Gasteiger partial charge on any atom is 0.266 e. The minimum absolute atomic E-state index is 0.0154. The summed E-state index contributed by atoms with van der Waals surface area (Å²) in [5.74, 6) is 0.0559. The molecule has 0 bridgehead atoms. The first-order valence-electron chi connectivity index (χ1n) is 8.12. The zero-order chi connectivity index (χ0) is 20.0. The number of amides is 1. The van der Waals surface area contributed by atoms with E-state index in [0.717, 1.165) is 5.56 Å². The van der Waals surface area contributed by atoms with Gasteiger partial charge in [-0.3, -0.25) is 4.79 Å². The van der Waals surface area contributed by atoms with Crippen molar-refractivity contribution in [2.24, 2.45) is 0 Å². The summed E-state index contributed by atoms with van der Waals surface area (Å²) in [6.07, 6.45) is 1.41. The molecule has 2 N–H and O–H groups in total. The molecule has 1 amide bonds. The number of carbonyl (C=O) groups is 1. The lowest BCUT2D eigenvalue weighted by atomic mass is 10.1. The summed E-state index contributed by atoms with van der Waals surface area (Å²) < 4.78 is 10.5. The van der Waals surface area contributed by atoms with Crippen molar-refractivity contribution in [2.75, 3.05) is 19.0 Å². The number of halogens is 1. The van der Waals surface area contributed by atoms with Gasteiger partial charge in [-0.2, -0.15) is 5.26 Å². The number of aromatic hydroxyl groups is 1. The molecule has 2 aromatic rings. The SMILES string of the molecule is CCOc1cc(/C=C(\C#N)C(=O)Nc2cc(C)c(Cl)cc2OC)ccc1O. The second kappa shape index (κ2) is 8.97. The zero-order valence-electron chi connectivity index (χ0n) is 15.2. The molecule has 0 aromatic heterocycles. The average molecular weight is 387 g/mol. The molecule has 0 radical (unpaired) electrons. The van der Waals surface area contributed by atoms with Crippen LogP contribution in [-0.4, -0.2) is 24.7 Å². The van der Waals surface area contributed by atoms with Crippen LogP contribution in [0.1, 0.15) is 18.1 Å². The number of hydrogen-bond acceptors (Lipinski definition) is 5. The van der Waals surface area contributed by atoms with Gasteiger partial charge in [0.15, 0.2) is 11.5 Å². The highest BCUT2D eigenvalue weighted by molar-refractivity contribution is 6.31. The van der Waals surface area contributed by atoms with Crippen LogP contribution in [0.2, 0.25) is 5.02 Å². The molecule has 27 heavy (non-hydrogen) atoms. The van der Waals surface area contributed by atoms with Crippen molar-refractivity contribution >= 4 is 29.3 Å². The molecule has 140 valence electrons. The number of hydrogen-bond donors (Lipinski definition) is 2. The normalized spacial score (nSPS) is 10.9. The summed E-state index contributed by atoms with van der Waals surface area (Å²) >= 11 is 6.06. The number of ether oxygens (including phenoxy) is 2. The van der Waals surface area contributed by atoms with Crippen LogP contribution in [0.15, 0.2) is 35.9 Å². The Morgan fingerprint density at radius 2 is 2.07 bits per heavy atom. The number of carbonyl (C=O) groups excluding carboxylic acids is 1. The standard InChI is InChI=1S/C20H19ClN2O4/c1-4-27-19-9-13(5-6-17(19)24)8-14(11-22)20(25)23-16-7-12(2)15(21)10-18(16)26-3/h5-10,24H,4H2,1-3H3,(H,23,25)/b14-8+. The Labute approximate surface area is 162 Å². The Morgan fingerprint density at radius 3 is 2.70 bits per heavy atom. The Kier molecular flexibility index (Phi) is 6.69. The molecule has 0 saturated carbocycles. The van der Waals surface area contributed by atoms with Gasteiger partial charge in [-0.25, -0.2) is 0 Å². The van der Waals surface area contributed by atoms with Gasteiger partial charge in [0.25, 0.3) is 5.91 Å². The summed E-state index contributed by atoms with van der Waals surface area (Å²) in [5.41, 5.74) is 1.60. The third kappa shape index (κ3) is 4.93. The predicted octanol–water partition coefficient (Wildman–Crippen LogP) is 4.31. The monoisotopic (exact) mass is 386 g/mol. The number of phenols is 1. The fraction of sp³-hybridized carbons (Fsp3) is 0.200. The average Bonchev–Trinajstić information content (AvgIpc) is 2.65. The van der Waals surface area contributed by atoms with Crippen molar-refractivity contribution in [2.45, 2.75) is 13.8 Å². The summed E-state index contributed by atoms with van der Waals surface area (Å²) in [6, 6.07) is 9.71. The van der Waals surface area contributed by atoms with E-state index in [1.807, 2.05) is 6.07 Å². The molecule has 6 nitrogen and oxygen atoms in total. The Hall–Kier alpha value is -3.17. The molecular formula is C20H19ClN2O4. The molecular weight excluding hydrogens is 368 g/mol. The number of aryl methyl sites for hydroxylation is 1. The summed E-state index contributed by atoms with van der Waals surface area (Å²) in [5, 5.41) is 22.3. The third-order valence-corrected chi connectivity index (χ3v) is 4.10. The lowest BCUT2D eigenvalue weighted by Gasteiger charge is -2.12. The van der Waals surface area contributed by atoms with Crippen LogP contribution in [0.5, 0.6) is 17.2 Å². The second-order valence-corrected chi connectivity index (χ2v) is 5.99. The Balaban J connectivity index is 2.32. The van der Waals surface area contributed by atoms with Gasteiger partial charge in [0.2, 0.25) is 0 Å². The maximum absolute atomic E-state index is 12.5. The van der Waals surface area contributed by atoms with Crippen LogP contribution in [0, 0.1) is 18.3 Å². The van der Waals surface area contributed by atoms with Gasteiger partial charge < -0.3 is 19.9 Å². The lowest BCUT2D eigenvalue weighted by Crippen LogP contribution is -2.14. The van der Waals surface area contributed by atoms with Gasteiger partial charge in [0.05, 0.1) is 19.4 Å². The minimum atomic E-state index is -0.594. The van der Waals surface area contributed by atoms with E-state index in [2.05, 4.69) is 5.32 Å². The molecule has 2 rings (SSSR count). The van der Waals surface area contributed by atoms with Crippen molar-refractivity contribution in [1.29, 1.82) is 5.26 Å². The Morgan fingerprint density at radius 1 is 1.33 bits per heavy atom. The molecule has 0 aliphatic rings. The first-order chi connectivity index (χ1) is 12.9. The number of rotatable bonds is 6. The quantitative estimate of drug-likeness (QED) is 0.570. The van der Waals surface area contributed by atoms with Crippen LogP contribution < -0.4 is 14.8 Å². The van der Waals surface area contributed by atoms with E-state index in [1.165, 1.54) is 19.3 Å². The van der Waals surface area contributed by atoms with Crippen LogP contribution in [0.4, 0.5) is 5.69 Å². The van der Waals surface area contributed by atoms with Crippen molar-refractivity contribution in [1.82, 2.24) is 0 Å². The van der Waals surface area contributed by atoms with E-state index in [-0.39, 0.29) is 17.1 Å². The second-order valence-electron chi connectivity index (χ2n) is 5.59. The summed E-state index contributed by atoms with van der Waals surface area (Å²) in [6.45, 7) is 3.96. The van der Waals surface area contributed by atoms with Gasteiger partial charge >= 0.3 is 0 Å². The molecule has 0 spiro atoms. The maximum atomic E-state index is 12.5. The van der Waals surface area contributed by atoms with Crippen LogP contribution in [0.3, 0.4) is 0 Å². The number of nitriles is 1. The molecule has 0 saturated heterocycles. The van der Waals surface area contributed by atoms with E-state index in [0.29, 0.717) is 28.6 Å². The minimum Gasteiger partial charge on any atom is -0.504 e. The first kappa shape index (κ1) is 20.1. The van der Waals surface area contributed by atoms with Crippen molar-refractivity contribution < 1.29 is 19.4 Å². The van der Waals surface area contributed by atoms with Crippen molar-refractivity contribution in [3.05, 3.63) is 52.1 Å². The first-order valence-corrected chi connectivity index (χ1v) is 8.50. The van der Waals surface area contributed by atoms with E-state index >= 15 is 0 Å². The van der Waals surface area contributed by atoms with Crippen molar-refractivity contribution in [3.8, 4) is 23.3 Å². The summed E-state index contributed by atoms with van der Waals surface area (Å²) in [4.78, 5) is 12.5. The highest BCUT2D eigenvalue weighted by atomic mass is 35.5. The highest BCUT2D eigenvalue weighted by Gasteiger charge is 2.14. The van der Waals surface area contributed by atoms with E-state index in [9.17, 15) is 15.2 Å². The van der Waals surface area contributed by atoms with E-state index in [4.69, 9.17) is 21.1 Å². The largest absolute Gasteiger partial charge is 0.504 e. The van der Waals surface area contributed by atoms with Gasteiger partial charge in [-0.05, 0) is 49.2 Å². The third-order valence-electron chi connectivity index (χ3n) is 3.69. The van der Waals surface area contributed by atoms with Gasteiger partial charge in [0.1, 0.15) is 17.4 Å². The molecule has 7 heteroatoms. The highest BCUT2D eigenvalue weighted by Crippen LogP contribution is 2.31. The Bertz CT molecular complexity index is 932. The van der Waals surface area contributed by atoms with E-state index in [1.54, 1.807) is 38.1 Å². The van der Waals surface area contributed by atoms with Crippen LogP contribution in [-0.2, 0) is 4.79 Å². The van der Waals surface area contributed by atoms with Gasteiger partial charge in [0, 0.05) is 11.1 Å². The molecule has 0 unspecified atom stereocenters. The summed E-state index contributed by atoms with van der Waals surface area (Å²) in [7, 11) is 1.46. The molecule has 0 atom stereocenters. The molecule has 0 aliphatic carbocycles. The fourth-order valence-corrected chi connectivity index (χ4v) is 2.48. The van der Waals surface area contributed by atoms with Gasteiger partial charge in [-0.15, -0.1) is 0 Å². The lowest BCUT2D eigenvalue weighted by molar-refractivity contribution is -0.112. The number of nitrogens with one attached hydrogen (secondary N) is 1. The fourth-order valence-electron chi connectivity index (χ4n) is 2.33. The number of phenolic OH excluding ortho intramolecular Hbond substituents is 1. The van der Waals surface area contributed by atoms with Crippen LogP contribution >= 0.6 is 11.6 Å². The zero-order valence-corrected chi connectivity index (χ0v) is 15.9. The number of anilines is 1. The van der Waals surface area contributed by atoms with Crippen LogP contribution in [0.25, 0.3) is 6.08 Å². The van der Waals surface area contributed by atoms with Crippen molar-refractivity contribution in [3.63, 3.8) is 0 Å². The van der Waals surface area contributed by atoms with E-state index < -0.39 is 5.91 Å². The number of methoxy groups -OCH3 is 1. The molecule has 0 heterocycles. The predicted molar refractivity (Wildman–Crippen MR) is 104 cm³/mol. The number of nitrogens with zero attached hydrogens (tertiary/aromatic N) is 1. The molecule has 0 aliphatic heterocycles.